The predicted octanol–water partition coefficient (Wildman–Crippen LogP) is 1.68. The Morgan fingerprint density at radius 3 is 2.73 bits per heavy atom. The monoisotopic (exact) mass is 200 g/mol. The molecule has 0 radical (unpaired) electrons. The van der Waals surface area contributed by atoms with Gasteiger partial charge in [0.05, 0.1) is 5.41 Å². The first-order valence-electron chi connectivity index (χ1n) is 5.10. The maximum absolute atomic E-state index is 11.4. The molecule has 0 atom stereocenters. The Hall–Kier alpha value is -1.77. The second kappa shape index (κ2) is 2.63. The molecular weight excluding hydrogens is 188 g/mol. The van der Waals surface area contributed by atoms with E-state index < -0.39 is 0 Å². The quantitative estimate of drug-likeness (QED) is 0.761. The van der Waals surface area contributed by atoms with Crippen LogP contribution in [0.5, 0.6) is 0 Å². The Morgan fingerprint density at radius 2 is 2.07 bits per heavy atom. The summed E-state index contributed by atoms with van der Waals surface area (Å²) in [6, 6.07) is 8.00. The van der Waals surface area contributed by atoms with Gasteiger partial charge in [0.2, 0.25) is 5.91 Å². The number of aromatic nitrogens is 1. The fourth-order valence-corrected chi connectivity index (χ4v) is 2.24. The summed E-state index contributed by atoms with van der Waals surface area (Å²) in [4.78, 5) is 14.6. The van der Waals surface area contributed by atoms with Crippen molar-refractivity contribution in [1.29, 1.82) is 0 Å². The van der Waals surface area contributed by atoms with Gasteiger partial charge in [0.25, 0.3) is 0 Å². The third-order valence-electron chi connectivity index (χ3n) is 3.33. The van der Waals surface area contributed by atoms with E-state index in [1.165, 1.54) is 0 Å². The third-order valence-corrected chi connectivity index (χ3v) is 3.33. The standard InChI is InChI=1S/C12H12N2O/c13-11(15)12(5-6-12)9-7-14-10-4-2-1-3-8(9)10/h1-4,7,14H,5-6H2,(H2,13,15). The SMILES string of the molecule is NC(=O)C1(c2c[nH]c3ccccc23)CC1. The van der Waals surface area contributed by atoms with Crippen LogP contribution in [0.15, 0.2) is 30.5 Å². The Kier molecular flexibility index (Phi) is 1.49. The Balaban J connectivity index is 2.24. The van der Waals surface area contributed by atoms with Gasteiger partial charge in [-0.1, -0.05) is 18.2 Å². The van der Waals surface area contributed by atoms with E-state index in [-0.39, 0.29) is 11.3 Å². The highest BCUT2D eigenvalue weighted by Crippen LogP contribution is 2.50. The molecule has 0 spiro atoms. The van der Waals surface area contributed by atoms with E-state index >= 15 is 0 Å². The molecule has 1 aliphatic rings. The van der Waals surface area contributed by atoms with Crippen molar-refractivity contribution in [2.24, 2.45) is 5.73 Å². The van der Waals surface area contributed by atoms with Crippen LogP contribution in [-0.4, -0.2) is 10.9 Å². The van der Waals surface area contributed by atoms with Gasteiger partial charge in [-0.25, -0.2) is 0 Å². The van der Waals surface area contributed by atoms with Crippen LogP contribution < -0.4 is 5.73 Å². The molecular formula is C12H12N2O. The molecule has 3 rings (SSSR count). The summed E-state index contributed by atoms with van der Waals surface area (Å²) >= 11 is 0. The highest BCUT2D eigenvalue weighted by Gasteiger charge is 2.51. The molecule has 0 unspecified atom stereocenters. The zero-order valence-corrected chi connectivity index (χ0v) is 8.29. The number of hydrogen-bond acceptors (Lipinski definition) is 1. The second-order valence-electron chi connectivity index (χ2n) is 4.19. The van der Waals surface area contributed by atoms with Crippen LogP contribution in [-0.2, 0) is 10.2 Å². The van der Waals surface area contributed by atoms with Gasteiger partial charge in [-0.2, -0.15) is 0 Å². The van der Waals surface area contributed by atoms with Crippen LogP contribution in [0, 0.1) is 0 Å². The lowest BCUT2D eigenvalue weighted by Crippen LogP contribution is -2.28. The normalized spacial score (nSPS) is 17.9. The van der Waals surface area contributed by atoms with E-state index in [0.29, 0.717) is 0 Å². The Labute approximate surface area is 87.3 Å². The predicted molar refractivity (Wildman–Crippen MR) is 58.4 cm³/mol. The number of para-hydroxylation sites is 1. The average molecular weight is 200 g/mol. The number of fused-ring (bicyclic) bond motifs is 1. The summed E-state index contributed by atoms with van der Waals surface area (Å²) in [6.07, 6.45) is 3.68. The third kappa shape index (κ3) is 1.03. The van der Waals surface area contributed by atoms with Crippen molar-refractivity contribution < 1.29 is 4.79 Å². The lowest BCUT2D eigenvalue weighted by molar-refractivity contribution is -0.120. The van der Waals surface area contributed by atoms with Crippen molar-refractivity contribution in [1.82, 2.24) is 4.98 Å². The van der Waals surface area contributed by atoms with Gasteiger partial charge in [0, 0.05) is 17.1 Å². The molecule has 2 aromatic rings. The second-order valence-corrected chi connectivity index (χ2v) is 4.19. The lowest BCUT2D eigenvalue weighted by atomic mass is 9.95. The van der Waals surface area contributed by atoms with Crippen molar-refractivity contribution in [3.05, 3.63) is 36.0 Å². The number of carbonyl (C=O) groups is 1. The number of amides is 1. The first-order chi connectivity index (χ1) is 7.24. The molecule has 1 saturated carbocycles. The maximum Gasteiger partial charge on any atom is 0.228 e. The van der Waals surface area contributed by atoms with Gasteiger partial charge in [-0.3, -0.25) is 4.79 Å². The van der Waals surface area contributed by atoms with Gasteiger partial charge in [-0.15, -0.1) is 0 Å². The molecule has 0 aliphatic heterocycles. The first-order valence-corrected chi connectivity index (χ1v) is 5.10. The minimum Gasteiger partial charge on any atom is -0.369 e. The smallest absolute Gasteiger partial charge is 0.228 e. The Morgan fingerprint density at radius 1 is 1.33 bits per heavy atom. The molecule has 1 aromatic heterocycles. The molecule has 15 heavy (non-hydrogen) atoms. The van der Waals surface area contributed by atoms with Crippen LogP contribution in [0.1, 0.15) is 18.4 Å². The van der Waals surface area contributed by atoms with E-state index in [9.17, 15) is 4.79 Å². The number of H-pyrrole nitrogens is 1. The fraction of sp³-hybridized carbons (Fsp3) is 0.250. The van der Waals surface area contributed by atoms with Crippen molar-refractivity contribution in [2.75, 3.05) is 0 Å². The Bertz CT molecular complexity index is 537. The molecule has 1 amide bonds. The largest absolute Gasteiger partial charge is 0.369 e. The minimum absolute atomic E-state index is 0.202. The number of aromatic amines is 1. The molecule has 3 N–H and O–H groups in total. The van der Waals surface area contributed by atoms with E-state index in [4.69, 9.17) is 5.73 Å². The minimum atomic E-state index is -0.389. The zero-order valence-electron chi connectivity index (χ0n) is 8.29. The van der Waals surface area contributed by atoms with E-state index in [2.05, 4.69) is 4.98 Å². The summed E-state index contributed by atoms with van der Waals surface area (Å²) in [6.45, 7) is 0. The summed E-state index contributed by atoms with van der Waals surface area (Å²) in [5.74, 6) is -0.202. The first kappa shape index (κ1) is 8.53. The number of benzene rings is 1. The number of nitrogens with one attached hydrogen (secondary N) is 1. The number of primary amides is 1. The molecule has 0 saturated heterocycles. The number of carbonyl (C=O) groups excluding carboxylic acids is 1. The zero-order chi connectivity index (χ0) is 10.5. The van der Waals surface area contributed by atoms with Crippen LogP contribution in [0.2, 0.25) is 0 Å². The molecule has 76 valence electrons. The topological polar surface area (TPSA) is 58.9 Å². The van der Waals surface area contributed by atoms with Gasteiger partial charge in [0.15, 0.2) is 0 Å². The molecule has 3 nitrogen and oxygen atoms in total. The molecule has 0 bridgehead atoms. The van der Waals surface area contributed by atoms with Crippen LogP contribution in [0.4, 0.5) is 0 Å². The summed E-state index contributed by atoms with van der Waals surface area (Å²) < 4.78 is 0. The van der Waals surface area contributed by atoms with Crippen LogP contribution in [0.3, 0.4) is 0 Å². The molecule has 1 aliphatic carbocycles. The summed E-state index contributed by atoms with van der Waals surface area (Å²) in [5.41, 5.74) is 7.20. The molecule has 1 heterocycles. The van der Waals surface area contributed by atoms with Gasteiger partial charge < -0.3 is 10.7 Å². The van der Waals surface area contributed by atoms with E-state index in [1.54, 1.807) is 0 Å². The molecule has 1 fully saturated rings. The van der Waals surface area contributed by atoms with E-state index in [0.717, 1.165) is 29.3 Å². The highest BCUT2D eigenvalue weighted by molar-refractivity contribution is 5.96. The van der Waals surface area contributed by atoms with Crippen molar-refractivity contribution in [3.8, 4) is 0 Å². The van der Waals surface area contributed by atoms with Crippen molar-refractivity contribution in [2.45, 2.75) is 18.3 Å². The van der Waals surface area contributed by atoms with Gasteiger partial charge in [0.1, 0.15) is 0 Å². The van der Waals surface area contributed by atoms with Crippen LogP contribution >= 0.6 is 0 Å². The number of nitrogens with two attached hydrogens (primary N) is 1. The lowest BCUT2D eigenvalue weighted by Gasteiger charge is -2.08. The molecule has 1 aromatic carbocycles. The summed E-state index contributed by atoms with van der Waals surface area (Å²) in [7, 11) is 0. The number of hydrogen-bond donors (Lipinski definition) is 2. The molecule has 3 heteroatoms. The fourth-order valence-electron chi connectivity index (χ4n) is 2.24. The van der Waals surface area contributed by atoms with Crippen molar-refractivity contribution >= 4 is 16.8 Å². The van der Waals surface area contributed by atoms with Gasteiger partial charge in [-0.05, 0) is 24.5 Å². The maximum atomic E-state index is 11.4. The highest BCUT2D eigenvalue weighted by atomic mass is 16.1. The van der Waals surface area contributed by atoms with Gasteiger partial charge >= 0.3 is 0 Å². The summed E-state index contributed by atoms with van der Waals surface area (Å²) in [5, 5.41) is 1.12. The van der Waals surface area contributed by atoms with Crippen molar-refractivity contribution in [3.63, 3.8) is 0 Å². The van der Waals surface area contributed by atoms with E-state index in [1.807, 2.05) is 30.5 Å². The van der Waals surface area contributed by atoms with Crippen LogP contribution in [0.25, 0.3) is 10.9 Å². The number of rotatable bonds is 2. The average Bonchev–Trinajstić information content (AvgIpc) is 2.93.